The molecule has 0 unspecified atom stereocenters. The van der Waals surface area contributed by atoms with Gasteiger partial charge in [0, 0.05) is 10.0 Å². The van der Waals surface area contributed by atoms with Crippen LogP contribution < -0.4 is 29.1 Å². The lowest BCUT2D eigenvalue weighted by molar-refractivity contribution is -0.139. The van der Waals surface area contributed by atoms with Gasteiger partial charge < -0.3 is 18.9 Å². The number of halogens is 1. The molecular weight excluding hydrogens is 560 g/mol. The Bertz CT molecular complexity index is 1560. The van der Waals surface area contributed by atoms with E-state index in [1.54, 1.807) is 46.3 Å². The van der Waals surface area contributed by atoms with Crippen LogP contribution in [0.2, 0.25) is 0 Å². The molecule has 0 radical (unpaired) electrons. The Balaban J connectivity index is 1.97. The summed E-state index contributed by atoms with van der Waals surface area (Å²) < 4.78 is 24.8. The standard InChI is InChI=1S/C27H27BrN2O6S/c1-6-35-21-12-16(18(28)14-20(21)34-5)13-22-25(31)30-24(17-10-8-9-11-19(17)33-4)23(26(32)36-7-2)15(3)29-27(30)37-22/h8-14,24H,6-7H2,1-5H3/t24-/m0/s1. The minimum atomic E-state index is -0.758. The lowest BCUT2D eigenvalue weighted by atomic mass is 9.95. The number of benzene rings is 2. The van der Waals surface area contributed by atoms with Crippen molar-refractivity contribution in [2.24, 2.45) is 4.99 Å². The van der Waals surface area contributed by atoms with Gasteiger partial charge in [-0.1, -0.05) is 45.5 Å². The van der Waals surface area contributed by atoms with Gasteiger partial charge in [0.05, 0.1) is 43.2 Å². The average molecular weight is 587 g/mol. The van der Waals surface area contributed by atoms with Crippen LogP contribution in [0, 0.1) is 0 Å². The molecule has 0 saturated heterocycles. The Morgan fingerprint density at radius 3 is 2.51 bits per heavy atom. The van der Waals surface area contributed by atoms with Gasteiger partial charge in [-0.05, 0) is 50.6 Å². The quantitative estimate of drug-likeness (QED) is 0.371. The maximum Gasteiger partial charge on any atom is 0.338 e. The van der Waals surface area contributed by atoms with Gasteiger partial charge in [0.2, 0.25) is 0 Å². The van der Waals surface area contributed by atoms with Crippen molar-refractivity contribution < 1.29 is 23.7 Å². The SMILES string of the molecule is CCOC(=O)C1=C(C)N=c2sc(=Cc3cc(OCC)c(OC)cc3Br)c(=O)n2[C@H]1c1ccccc1OC. The molecule has 0 fully saturated rings. The van der Waals surface area contributed by atoms with Crippen molar-refractivity contribution in [2.45, 2.75) is 26.8 Å². The molecule has 0 spiro atoms. The molecule has 1 atom stereocenters. The van der Waals surface area contributed by atoms with Gasteiger partial charge in [-0.25, -0.2) is 9.79 Å². The number of aromatic nitrogens is 1. The fourth-order valence-electron chi connectivity index (χ4n) is 4.21. The molecular formula is C27H27BrN2O6S. The third-order valence-corrected chi connectivity index (χ3v) is 7.49. The Kier molecular flexibility index (Phi) is 8.19. The number of methoxy groups -OCH3 is 2. The first-order valence-corrected chi connectivity index (χ1v) is 13.3. The van der Waals surface area contributed by atoms with Crippen LogP contribution in [0.25, 0.3) is 6.08 Å². The number of carbonyl (C=O) groups excluding carboxylic acids is 1. The molecule has 8 nitrogen and oxygen atoms in total. The van der Waals surface area contributed by atoms with Gasteiger partial charge in [-0.3, -0.25) is 9.36 Å². The summed E-state index contributed by atoms with van der Waals surface area (Å²) in [7, 11) is 3.13. The van der Waals surface area contributed by atoms with Gasteiger partial charge in [0.25, 0.3) is 5.56 Å². The van der Waals surface area contributed by atoms with Crippen LogP contribution >= 0.6 is 27.3 Å². The lowest BCUT2D eigenvalue weighted by Gasteiger charge is -2.25. The topological polar surface area (TPSA) is 88.4 Å². The van der Waals surface area contributed by atoms with E-state index >= 15 is 0 Å². The molecule has 0 N–H and O–H groups in total. The summed E-state index contributed by atoms with van der Waals surface area (Å²) in [6, 6.07) is 10.2. The summed E-state index contributed by atoms with van der Waals surface area (Å²) in [5.41, 5.74) is 1.92. The van der Waals surface area contributed by atoms with Crippen LogP contribution in [0.5, 0.6) is 17.2 Å². The molecule has 10 heteroatoms. The van der Waals surface area contributed by atoms with Gasteiger partial charge in [0.1, 0.15) is 11.8 Å². The Hall–Kier alpha value is -3.37. The average Bonchev–Trinajstić information content (AvgIpc) is 3.19. The van der Waals surface area contributed by atoms with E-state index in [-0.39, 0.29) is 12.2 Å². The molecule has 0 bridgehead atoms. The van der Waals surface area contributed by atoms with Crippen molar-refractivity contribution >= 4 is 39.3 Å². The van der Waals surface area contributed by atoms with Crippen LogP contribution in [-0.2, 0) is 9.53 Å². The summed E-state index contributed by atoms with van der Waals surface area (Å²) in [5, 5.41) is 0. The molecule has 2 aromatic carbocycles. The number of hydrogen-bond donors (Lipinski definition) is 0. The second-order valence-electron chi connectivity index (χ2n) is 8.00. The zero-order valence-electron chi connectivity index (χ0n) is 21.2. The van der Waals surface area contributed by atoms with E-state index in [1.165, 1.54) is 15.9 Å². The predicted octanol–water partition coefficient (Wildman–Crippen LogP) is 3.98. The first kappa shape index (κ1) is 26.7. The number of thiazole rings is 1. The van der Waals surface area contributed by atoms with E-state index in [0.29, 0.717) is 50.0 Å². The van der Waals surface area contributed by atoms with Gasteiger partial charge in [-0.2, -0.15) is 0 Å². The van der Waals surface area contributed by atoms with Crippen molar-refractivity contribution in [2.75, 3.05) is 27.4 Å². The first-order chi connectivity index (χ1) is 17.8. The number of rotatable bonds is 8. The van der Waals surface area contributed by atoms with Crippen LogP contribution in [-0.4, -0.2) is 38.0 Å². The Morgan fingerprint density at radius 2 is 1.84 bits per heavy atom. The summed E-state index contributed by atoms with van der Waals surface area (Å²) in [6.45, 7) is 6.05. The van der Waals surface area contributed by atoms with Crippen molar-refractivity contribution in [3.63, 3.8) is 0 Å². The molecule has 0 saturated carbocycles. The van der Waals surface area contributed by atoms with E-state index in [0.717, 1.165) is 10.0 Å². The Morgan fingerprint density at radius 1 is 1.11 bits per heavy atom. The third-order valence-electron chi connectivity index (χ3n) is 5.82. The fourth-order valence-corrected chi connectivity index (χ4v) is 5.68. The monoisotopic (exact) mass is 586 g/mol. The van der Waals surface area contributed by atoms with Crippen LogP contribution in [0.4, 0.5) is 0 Å². The highest BCUT2D eigenvalue weighted by molar-refractivity contribution is 9.10. The van der Waals surface area contributed by atoms with Crippen LogP contribution in [0.1, 0.15) is 37.9 Å². The predicted molar refractivity (Wildman–Crippen MR) is 145 cm³/mol. The van der Waals surface area contributed by atoms with E-state index in [2.05, 4.69) is 20.9 Å². The molecule has 0 aliphatic carbocycles. The largest absolute Gasteiger partial charge is 0.496 e. The van der Waals surface area contributed by atoms with Crippen LogP contribution in [0.3, 0.4) is 0 Å². The molecule has 0 amide bonds. The van der Waals surface area contributed by atoms with E-state index in [9.17, 15) is 9.59 Å². The molecule has 4 rings (SSSR count). The number of allylic oxidation sites excluding steroid dienone is 1. The number of esters is 1. The Labute approximate surface area is 226 Å². The number of nitrogens with zero attached hydrogens (tertiary/aromatic N) is 2. The fraction of sp³-hybridized carbons (Fsp3) is 0.296. The van der Waals surface area contributed by atoms with Gasteiger partial charge >= 0.3 is 5.97 Å². The molecule has 37 heavy (non-hydrogen) atoms. The van der Waals surface area contributed by atoms with E-state index < -0.39 is 12.0 Å². The molecule has 3 aromatic rings. The number of hydrogen-bond acceptors (Lipinski definition) is 8. The highest BCUT2D eigenvalue weighted by Gasteiger charge is 2.35. The van der Waals surface area contributed by atoms with E-state index in [4.69, 9.17) is 18.9 Å². The molecule has 194 valence electrons. The summed E-state index contributed by atoms with van der Waals surface area (Å²) in [5.74, 6) is 1.18. The third kappa shape index (κ3) is 5.08. The maximum atomic E-state index is 13.9. The maximum absolute atomic E-state index is 13.9. The lowest BCUT2D eigenvalue weighted by Crippen LogP contribution is -2.40. The number of fused-ring (bicyclic) bond motifs is 1. The second kappa shape index (κ2) is 11.4. The van der Waals surface area contributed by atoms with E-state index in [1.807, 2.05) is 31.2 Å². The van der Waals surface area contributed by atoms with Crippen molar-refractivity contribution in [3.8, 4) is 17.2 Å². The summed E-state index contributed by atoms with van der Waals surface area (Å²) in [4.78, 5) is 32.1. The smallest absolute Gasteiger partial charge is 0.338 e. The summed E-state index contributed by atoms with van der Waals surface area (Å²) in [6.07, 6.45) is 1.78. The molecule has 1 aromatic heterocycles. The zero-order chi connectivity index (χ0) is 26.7. The van der Waals surface area contributed by atoms with Crippen LogP contribution in [0.15, 0.2) is 61.9 Å². The minimum absolute atomic E-state index is 0.201. The van der Waals surface area contributed by atoms with Crippen molar-refractivity contribution in [1.29, 1.82) is 0 Å². The highest BCUT2D eigenvalue weighted by Crippen LogP contribution is 2.36. The zero-order valence-corrected chi connectivity index (χ0v) is 23.6. The highest BCUT2D eigenvalue weighted by atomic mass is 79.9. The van der Waals surface area contributed by atoms with Gasteiger partial charge in [0.15, 0.2) is 16.3 Å². The first-order valence-electron chi connectivity index (χ1n) is 11.7. The summed E-state index contributed by atoms with van der Waals surface area (Å²) >= 11 is 4.82. The van der Waals surface area contributed by atoms with Crippen molar-refractivity contribution in [3.05, 3.63) is 83.0 Å². The number of ether oxygens (including phenoxy) is 4. The second-order valence-corrected chi connectivity index (χ2v) is 9.87. The molecule has 1 aliphatic rings. The normalized spacial score (nSPS) is 15.2. The molecule has 1 aliphatic heterocycles. The van der Waals surface area contributed by atoms with Crippen molar-refractivity contribution in [1.82, 2.24) is 4.57 Å². The minimum Gasteiger partial charge on any atom is -0.496 e. The number of para-hydroxylation sites is 1. The number of carbonyl (C=O) groups is 1. The molecule has 2 heterocycles. The van der Waals surface area contributed by atoms with Gasteiger partial charge in [-0.15, -0.1) is 0 Å².